The summed E-state index contributed by atoms with van der Waals surface area (Å²) in [6, 6.07) is 4.14. The molecule has 0 saturated carbocycles. The minimum absolute atomic E-state index is 0.158. The van der Waals surface area contributed by atoms with Crippen molar-refractivity contribution in [2.45, 2.75) is 24.9 Å². The van der Waals surface area contributed by atoms with Crippen LogP contribution in [0.25, 0.3) is 11.0 Å². The summed E-state index contributed by atoms with van der Waals surface area (Å²) in [4.78, 5) is 63.5. The summed E-state index contributed by atoms with van der Waals surface area (Å²) >= 11 is 2.40. The van der Waals surface area contributed by atoms with E-state index in [1.807, 2.05) is 4.57 Å². The number of aromatic amines is 1. The van der Waals surface area contributed by atoms with Gasteiger partial charge in [0.2, 0.25) is 5.52 Å². The molecule has 5 heterocycles. The highest BCUT2D eigenvalue weighted by Crippen LogP contribution is 2.40. The topological polar surface area (TPSA) is 223 Å². The number of thiazole rings is 1. The predicted molar refractivity (Wildman–Crippen MR) is 152 cm³/mol. The number of nitriles is 1. The van der Waals surface area contributed by atoms with E-state index in [1.165, 1.54) is 17.1 Å². The van der Waals surface area contributed by atoms with E-state index in [0.717, 1.165) is 16.2 Å². The summed E-state index contributed by atoms with van der Waals surface area (Å²) in [6.07, 6.45) is 6.70. The molecule has 0 bridgehead atoms. The summed E-state index contributed by atoms with van der Waals surface area (Å²) in [5.74, 6) is -3.18. The molecular formula is C26H23N9O6S2. The second-order valence-electron chi connectivity index (χ2n) is 9.06. The molecule has 1 saturated heterocycles. The smallest absolute Gasteiger partial charge is 0.280 e. The Kier molecular flexibility index (Phi) is 8.41. The van der Waals surface area contributed by atoms with E-state index in [2.05, 4.69) is 25.8 Å². The number of aromatic nitrogens is 3. The standard InChI is InChI=1S/C26H23N9O6S2/c1-2-41-33-18(16-11-43-26(28)31-16)22(37)32-19-23(38)35-20(25(39)40)13(10-42-24(19)35)5-3-7-34-8-4-6-14-17(34)9-15(30-14)21(36)29-12-27/h3-6,8-9,11,19,24H,2,7,10H2,1H3,(H5,28,29,31,32,36,37,39,40)/b5-3+,33-18-/t19-,24-/m1/s1. The maximum absolute atomic E-state index is 13.1. The highest BCUT2D eigenvalue weighted by atomic mass is 32.2. The van der Waals surface area contributed by atoms with Crippen LogP contribution in [0.1, 0.15) is 23.1 Å². The summed E-state index contributed by atoms with van der Waals surface area (Å²) in [5.41, 5.74) is 7.36. The Hall–Kier alpha value is -5.21. The Labute approximate surface area is 251 Å². The van der Waals surface area contributed by atoms with Gasteiger partial charge in [0.15, 0.2) is 29.8 Å². The number of carbonyl (C=O) groups excluding carboxylic acids is 4. The van der Waals surface area contributed by atoms with Gasteiger partial charge in [-0.05, 0) is 24.6 Å². The van der Waals surface area contributed by atoms with Gasteiger partial charge in [-0.15, -0.1) is 23.1 Å². The van der Waals surface area contributed by atoms with Crippen LogP contribution in [0.5, 0.6) is 0 Å². The van der Waals surface area contributed by atoms with E-state index in [0.29, 0.717) is 23.2 Å². The van der Waals surface area contributed by atoms with Gasteiger partial charge in [-0.1, -0.05) is 11.2 Å². The number of fused-ring (bicyclic) bond motifs is 2. The van der Waals surface area contributed by atoms with Gasteiger partial charge >= 0.3 is 0 Å². The molecule has 0 aromatic carbocycles. The molecule has 2 aliphatic rings. The molecule has 0 spiro atoms. The van der Waals surface area contributed by atoms with E-state index in [9.17, 15) is 24.3 Å². The molecule has 15 nitrogen and oxygen atoms in total. The Morgan fingerprint density at radius 2 is 2.26 bits per heavy atom. The van der Waals surface area contributed by atoms with Gasteiger partial charge in [0.25, 0.3) is 17.7 Å². The first-order chi connectivity index (χ1) is 20.7. The number of nitrogen functional groups attached to an aromatic ring is 1. The second-order valence-corrected chi connectivity index (χ2v) is 11.1. The van der Waals surface area contributed by atoms with Crippen LogP contribution >= 0.6 is 23.1 Å². The van der Waals surface area contributed by atoms with Crippen molar-refractivity contribution in [2.75, 3.05) is 18.1 Å². The number of thioether (sulfide) groups is 1. The molecule has 0 unspecified atom stereocenters. The minimum atomic E-state index is -1.52. The third-order valence-corrected chi connectivity index (χ3v) is 8.42. The Balaban J connectivity index is 1.32. The largest absolute Gasteiger partial charge is 0.543 e. The number of oxime groups is 1. The van der Waals surface area contributed by atoms with Gasteiger partial charge in [-0.25, -0.2) is 4.98 Å². The van der Waals surface area contributed by atoms with Crippen LogP contribution in [0.15, 0.2) is 58.4 Å². The van der Waals surface area contributed by atoms with Crippen LogP contribution in [-0.2, 0) is 25.8 Å². The van der Waals surface area contributed by atoms with Crippen molar-refractivity contribution in [2.24, 2.45) is 5.16 Å². The average Bonchev–Trinajstić information content (AvgIpc) is 3.62. The van der Waals surface area contributed by atoms with Crippen LogP contribution in [0.3, 0.4) is 0 Å². The number of carbonyl (C=O) groups is 4. The summed E-state index contributed by atoms with van der Waals surface area (Å²) in [7, 11) is 0. The third kappa shape index (κ3) is 5.78. The molecule has 3 amide bonds. The Morgan fingerprint density at radius 3 is 2.95 bits per heavy atom. The summed E-state index contributed by atoms with van der Waals surface area (Å²) < 4.78 is 1.82. The van der Waals surface area contributed by atoms with E-state index in [1.54, 1.807) is 49.7 Å². The first kappa shape index (κ1) is 29.3. The lowest BCUT2D eigenvalue weighted by atomic mass is 10.0. The van der Waals surface area contributed by atoms with Crippen molar-refractivity contribution in [3.05, 3.63) is 64.6 Å². The molecule has 1 fully saturated rings. The second kappa shape index (κ2) is 12.3. The molecular weight excluding hydrogens is 598 g/mol. The number of aliphatic carboxylic acids is 1. The monoisotopic (exact) mass is 621 g/mol. The molecule has 220 valence electrons. The lowest BCUT2D eigenvalue weighted by Gasteiger charge is -2.50. The van der Waals surface area contributed by atoms with Gasteiger partial charge in [-0.3, -0.25) is 24.6 Å². The summed E-state index contributed by atoms with van der Waals surface area (Å²) in [6.45, 7) is 2.19. The van der Waals surface area contributed by atoms with Crippen LogP contribution in [0, 0.1) is 11.5 Å². The molecule has 0 radical (unpaired) electrons. The number of H-pyrrole nitrogens is 1. The number of carboxylic acid groups (broad SMARTS) is 1. The number of nitrogens with one attached hydrogen (secondary N) is 3. The zero-order valence-electron chi connectivity index (χ0n) is 22.4. The fraction of sp³-hybridized carbons (Fsp3) is 0.231. The molecule has 5 N–H and O–H groups in total. The maximum Gasteiger partial charge on any atom is 0.280 e. The zero-order chi connectivity index (χ0) is 30.7. The number of hydrogen-bond donors (Lipinski definition) is 4. The first-order valence-electron chi connectivity index (χ1n) is 12.7. The van der Waals surface area contributed by atoms with Crippen LogP contribution in [0.4, 0.5) is 5.13 Å². The van der Waals surface area contributed by atoms with Crippen LogP contribution < -0.4 is 26.0 Å². The van der Waals surface area contributed by atoms with E-state index < -0.39 is 35.1 Å². The molecule has 17 heteroatoms. The number of nitrogens with zero attached hydrogens (tertiary/aromatic N) is 5. The number of β-lactam (4-membered cyclic amide) rings is 1. The third-order valence-electron chi connectivity index (χ3n) is 6.44. The molecule has 2 atom stereocenters. The van der Waals surface area contributed by atoms with Crippen LogP contribution in [0.2, 0.25) is 0 Å². The number of nitrogens with two attached hydrogens (primary N) is 1. The number of rotatable bonds is 10. The molecule has 43 heavy (non-hydrogen) atoms. The molecule has 3 aromatic heterocycles. The Morgan fingerprint density at radius 1 is 1.44 bits per heavy atom. The van der Waals surface area contributed by atoms with Crippen molar-refractivity contribution in [3.63, 3.8) is 0 Å². The van der Waals surface area contributed by atoms with Crippen molar-refractivity contribution in [1.82, 2.24) is 25.5 Å². The van der Waals surface area contributed by atoms with Gasteiger partial charge in [0, 0.05) is 23.3 Å². The van der Waals surface area contributed by atoms with Crippen molar-refractivity contribution >= 4 is 68.7 Å². The fourth-order valence-electron chi connectivity index (χ4n) is 4.56. The molecule has 0 aliphatic carbocycles. The molecule has 5 rings (SSSR count). The molecule has 2 aliphatic heterocycles. The highest BCUT2D eigenvalue weighted by molar-refractivity contribution is 8.00. The fourth-order valence-corrected chi connectivity index (χ4v) is 6.42. The highest BCUT2D eigenvalue weighted by Gasteiger charge is 2.53. The quantitative estimate of drug-likeness (QED) is 0.0546. The van der Waals surface area contributed by atoms with Crippen LogP contribution in [-0.4, -0.2) is 68.0 Å². The van der Waals surface area contributed by atoms with Gasteiger partial charge in [0.1, 0.15) is 34.9 Å². The number of amides is 3. The van der Waals surface area contributed by atoms with E-state index >= 15 is 0 Å². The lowest BCUT2D eigenvalue weighted by Crippen LogP contribution is -2.71. The lowest BCUT2D eigenvalue weighted by molar-refractivity contribution is -0.660. The molecule has 3 aromatic rings. The predicted octanol–water partition coefficient (Wildman–Crippen LogP) is -0.894. The minimum Gasteiger partial charge on any atom is -0.543 e. The van der Waals surface area contributed by atoms with Gasteiger partial charge < -0.3 is 30.8 Å². The van der Waals surface area contributed by atoms with Crippen molar-refractivity contribution in [3.8, 4) is 6.19 Å². The van der Waals surface area contributed by atoms with E-state index in [-0.39, 0.29) is 40.3 Å². The number of hydrogen-bond acceptors (Lipinski definition) is 12. The maximum atomic E-state index is 13.1. The van der Waals surface area contributed by atoms with Crippen molar-refractivity contribution in [1.29, 1.82) is 5.26 Å². The van der Waals surface area contributed by atoms with E-state index in [4.69, 9.17) is 15.8 Å². The van der Waals surface area contributed by atoms with Gasteiger partial charge in [0.05, 0.1) is 11.7 Å². The zero-order valence-corrected chi connectivity index (χ0v) is 24.0. The normalized spacial score (nSPS) is 18.3. The number of pyridine rings is 1. The van der Waals surface area contributed by atoms with Crippen molar-refractivity contribution < 1.29 is 33.7 Å². The number of carboxylic acids is 1. The van der Waals surface area contributed by atoms with Gasteiger partial charge in [-0.2, -0.15) is 9.83 Å². The first-order valence-corrected chi connectivity index (χ1v) is 14.6. The number of anilines is 1. The Bertz CT molecular complexity index is 1770. The average molecular weight is 622 g/mol. The number of allylic oxidation sites excluding steroid dienone is 2. The summed E-state index contributed by atoms with van der Waals surface area (Å²) in [5, 5.41) is 30.4. The SMILES string of the molecule is CCO/N=C(\C(=O)N[C@@H]1C(=O)N2C(C(=O)[O-])=C(/C=C/C[n+]3cccc4[nH]c(C(=O)NC#N)cc43)CS[C@H]12)c1csc(N)n1.